The highest BCUT2D eigenvalue weighted by molar-refractivity contribution is 5.85. The van der Waals surface area contributed by atoms with Gasteiger partial charge in [-0.05, 0) is 6.42 Å². The van der Waals surface area contributed by atoms with Crippen molar-refractivity contribution in [2.75, 3.05) is 13.6 Å². The van der Waals surface area contributed by atoms with Crippen LogP contribution in [0.4, 0.5) is 0 Å². The molecule has 1 unspecified atom stereocenters. The molecule has 0 aromatic rings. The van der Waals surface area contributed by atoms with Crippen molar-refractivity contribution in [1.29, 1.82) is 0 Å². The summed E-state index contributed by atoms with van der Waals surface area (Å²) in [6.07, 6.45) is 1.59. The summed E-state index contributed by atoms with van der Waals surface area (Å²) in [4.78, 5) is 23.2. The van der Waals surface area contributed by atoms with Gasteiger partial charge in [0.05, 0.1) is 12.5 Å². The third-order valence-electron chi connectivity index (χ3n) is 1.94. The highest BCUT2D eigenvalue weighted by atomic mass is 16.4. The number of aliphatic carboxylic acids is 1. The van der Waals surface area contributed by atoms with E-state index >= 15 is 0 Å². The lowest BCUT2D eigenvalue weighted by Gasteiger charge is -2.19. The summed E-state index contributed by atoms with van der Waals surface area (Å²) in [7, 11) is 1.64. The number of nitrogens with two attached hydrogens (primary N) is 1. The molecule has 0 saturated carbocycles. The van der Waals surface area contributed by atoms with Gasteiger partial charge in [-0.3, -0.25) is 9.59 Å². The van der Waals surface area contributed by atoms with E-state index < -0.39 is 12.0 Å². The van der Waals surface area contributed by atoms with Crippen LogP contribution in [0.5, 0.6) is 0 Å². The van der Waals surface area contributed by atoms with E-state index in [9.17, 15) is 9.59 Å². The molecule has 0 aliphatic rings. The molecule has 0 heterocycles. The van der Waals surface area contributed by atoms with Crippen LogP contribution in [0.1, 0.15) is 26.2 Å². The van der Waals surface area contributed by atoms with Gasteiger partial charge in [-0.15, -0.1) is 0 Å². The van der Waals surface area contributed by atoms with Crippen molar-refractivity contribution in [2.45, 2.75) is 32.2 Å². The van der Waals surface area contributed by atoms with Crippen molar-refractivity contribution in [1.82, 2.24) is 4.90 Å². The fourth-order valence-electron chi connectivity index (χ4n) is 1.06. The Kier molecular flexibility index (Phi) is 5.87. The molecule has 82 valence electrons. The van der Waals surface area contributed by atoms with E-state index in [0.29, 0.717) is 6.54 Å². The van der Waals surface area contributed by atoms with Gasteiger partial charge in [-0.1, -0.05) is 13.3 Å². The standard InChI is InChI=1S/C9H18N2O3/c1-3-4-5-11(2)9(14)7(10)6-8(12)13/h7H,3-6,10H2,1-2H3,(H,12,13). The number of rotatable bonds is 6. The van der Waals surface area contributed by atoms with Crippen LogP contribution < -0.4 is 5.73 Å². The molecule has 0 saturated heterocycles. The van der Waals surface area contributed by atoms with Crippen molar-refractivity contribution in [3.63, 3.8) is 0 Å². The first-order valence-electron chi connectivity index (χ1n) is 4.71. The Labute approximate surface area is 83.9 Å². The Morgan fingerprint density at radius 3 is 2.50 bits per heavy atom. The normalized spacial score (nSPS) is 12.2. The lowest BCUT2D eigenvalue weighted by Crippen LogP contribution is -2.43. The summed E-state index contributed by atoms with van der Waals surface area (Å²) < 4.78 is 0. The van der Waals surface area contributed by atoms with Crippen LogP contribution in [-0.4, -0.2) is 41.5 Å². The summed E-state index contributed by atoms with van der Waals surface area (Å²) in [6.45, 7) is 2.65. The summed E-state index contributed by atoms with van der Waals surface area (Å²) in [5.74, 6) is -1.35. The first-order valence-corrected chi connectivity index (χ1v) is 4.71. The molecule has 1 atom stereocenters. The average molecular weight is 202 g/mol. The number of hydrogen-bond donors (Lipinski definition) is 2. The number of carbonyl (C=O) groups excluding carboxylic acids is 1. The summed E-state index contributed by atoms with van der Waals surface area (Å²) in [6, 6.07) is -0.922. The zero-order valence-corrected chi connectivity index (χ0v) is 8.69. The second-order valence-corrected chi connectivity index (χ2v) is 3.32. The number of carboxylic acids is 1. The Balaban J connectivity index is 3.97. The van der Waals surface area contributed by atoms with E-state index in [1.165, 1.54) is 4.90 Å². The van der Waals surface area contributed by atoms with E-state index in [1.54, 1.807) is 7.05 Å². The molecule has 5 heteroatoms. The SMILES string of the molecule is CCCCN(C)C(=O)C(N)CC(=O)O. The molecule has 0 aromatic carbocycles. The average Bonchev–Trinajstić information content (AvgIpc) is 2.11. The predicted octanol–water partition coefficient (Wildman–Crippen LogP) is 0.0469. The monoisotopic (exact) mass is 202 g/mol. The molecule has 0 aliphatic heterocycles. The van der Waals surface area contributed by atoms with Crippen LogP contribution >= 0.6 is 0 Å². The Morgan fingerprint density at radius 1 is 1.50 bits per heavy atom. The maximum Gasteiger partial charge on any atom is 0.305 e. The largest absolute Gasteiger partial charge is 0.481 e. The Bertz CT molecular complexity index is 206. The Hall–Kier alpha value is -1.10. The zero-order chi connectivity index (χ0) is 11.1. The topological polar surface area (TPSA) is 83.6 Å². The van der Waals surface area contributed by atoms with E-state index in [4.69, 9.17) is 10.8 Å². The first-order chi connectivity index (χ1) is 6.49. The molecule has 0 spiro atoms. The van der Waals surface area contributed by atoms with Gasteiger partial charge in [0.2, 0.25) is 5.91 Å². The van der Waals surface area contributed by atoms with Crippen LogP contribution in [-0.2, 0) is 9.59 Å². The van der Waals surface area contributed by atoms with Crippen LogP contribution in [0.25, 0.3) is 0 Å². The van der Waals surface area contributed by atoms with Gasteiger partial charge in [0.15, 0.2) is 0 Å². The number of carboxylic acid groups (broad SMARTS) is 1. The molecule has 5 nitrogen and oxygen atoms in total. The third-order valence-corrected chi connectivity index (χ3v) is 1.94. The molecular weight excluding hydrogens is 184 g/mol. The van der Waals surface area contributed by atoms with Crippen molar-refractivity contribution in [2.24, 2.45) is 5.73 Å². The van der Waals surface area contributed by atoms with E-state index in [2.05, 4.69) is 0 Å². The number of hydrogen-bond acceptors (Lipinski definition) is 3. The van der Waals surface area contributed by atoms with Gasteiger partial charge in [-0.25, -0.2) is 0 Å². The molecule has 0 rings (SSSR count). The van der Waals surface area contributed by atoms with Crippen molar-refractivity contribution < 1.29 is 14.7 Å². The van der Waals surface area contributed by atoms with Gasteiger partial charge in [0.1, 0.15) is 0 Å². The number of amides is 1. The quantitative estimate of drug-likeness (QED) is 0.637. The van der Waals surface area contributed by atoms with Crippen LogP contribution in [0.2, 0.25) is 0 Å². The second kappa shape index (κ2) is 6.37. The van der Waals surface area contributed by atoms with Crippen LogP contribution in [0.3, 0.4) is 0 Å². The van der Waals surface area contributed by atoms with Gasteiger partial charge < -0.3 is 15.7 Å². The van der Waals surface area contributed by atoms with Gasteiger partial charge in [-0.2, -0.15) is 0 Å². The molecule has 0 aromatic heterocycles. The van der Waals surface area contributed by atoms with Crippen LogP contribution in [0.15, 0.2) is 0 Å². The van der Waals surface area contributed by atoms with Crippen LogP contribution in [0, 0.1) is 0 Å². The van der Waals surface area contributed by atoms with Crippen molar-refractivity contribution in [3.8, 4) is 0 Å². The molecule has 3 N–H and O–H groups in total. The number of nitrogens with zero attached hydrogens (tertiary/aromatic N) is 1. The maximum absolute atomic E-state index is 11.4. The summed E-state index contributed by atoms with van der Waals surface area (Å²) >= 11 is 0. The number of carbonyl (C=O) groups is 2. The smallest absolute Gasteiger partial charge is 0.305 e. The first kappa shape index (κ1) is 12.9. The zero-order valence-electron chi connectivity index (χ0n) is 8.69. The minimum atomic E-state index is -1.05. The molecule has 14 heavy (non-hydrogen) atoms. The minimum absolute atomic E-state index is 0.305. The maximum atomic E-state index is 11.4. The van der Waals surface area contributed by atoms with Crippen molar-refractivity contribution in [3.05, 3.63) is 0 Å². The number of unbranched alkanes of at least 4 members (excludes halogenated alkanes) is 1. The minimum Gasteiger partial charge on any atom is -0.481 e. The van der Waals surface area contributed by atoms with E-state index in [1.807, 2.05) is 6.92 Å². The summed E-state index contributed by atoms with van der Waals surface area (Å²) in [5, 5.41) is 8.44. The molecule has 0 bridgehead atoms. The molecule has 0 aliphatic carbocycles. The lowest BCUT2D eigenvalue weighted by atomic mass is 10.2. The molecule has 1 amide bonds. The van der Waals surface area contributed by atoms with Gasteiger partial charge in [0, 0.05) is 13.6 Å². The molecular formula is C9H18N2O3. The van der Waals surface area contributed by atoms with Crippen molar-refractivity contribution >= 4 is 11.9 Å². The fourth-order valence-corrected chi connectivity index (χ4v) is 1.06. The van der Waals surface area contributed by atoms with Gasteiger partial charge >= 0.3 is 5.97 Å². The molecule has 0 radical (unpaired) electrons. The fraction of sp³-hybridized carbons (Fsp3) is 0.778. The second-order valence-electron chi connectivity index (χ2n) is 3.32. The number of likely N-dealkylation sites (N-methyl/N-ethyl adjacent to an activating group) is 1. The lowest BCUT2D eigenvalue weighted by molar-refractivity contribution is -0.141. The predicted molar refractivity (Wildman–Crippen MR) is 52.8 cm³/mol. The van der Waals surface area contributed by atoms with E-state index in [0.717, 1.165) is 12.8 Å². The van der Waals surface area contributed by atoms with Gasteiger partial charge in [0.25, 0.3) is 0 Å². The summed E-state index contributed by atoms with van der Waals surface area (Å²) in [5.41, 5.74) is 5.42. The van der Waals surface area contributed by atoms with E-state index in [-0.39, 0.29) is 12.3 Å². The highest BCUT2D eigenvalue weighted by Crippen LogP contribution is 1.98. The third kappa shape index (κ3) is 4.81. The molecule has 0 fully saturated rings. The highest BCUT2D eigenvalue weighted by Gasteiger charge is 2.19. The Morgan fingerprint density at radius 2 is 2.07 bits per heavy atom.